The SMILES string of the molecule is CC(N)Cn1cnc2c1SCC2. The molecule has 0 saturated heterocycles. The molecule has 1 aromatic rings. The van der Waals surface area contributed by atoms with Gasteiger partial charge in [-0.05, 0) is 6.92 Å². The van der Waals surface area contributed by atoms with E-state index >= 15 is 0 Å². The molecule has 0 aromatic carbocycles. The van der Waals surface area contributed by atoms with E-state index < -0.39 is 0 Å². The van der Waals surface area contributed by atoms with Crippen LogP contribution in [-0.2, 0) is 13.0 Å². The molecule has 2 rings (SSSR count). The Morgan fingerprint density at radius 1 is 1.83 bits per heavy atom. The molecule has 1 aliphatic rings. The van der Waals surface area contributed by atoms with Gasteiger partial charge in [-0.15, -0.1) is 11.8 Å². The number of nitrogens with zero attached hydrogens (tertiary/aromatic N) is 2. The van der Waals surface area contributed by atoms with Crippen molar-refractivity contribution in [1.29, 1.82) is 0 Å². The molecule has 0 spiro atoms. The van der Waals surface area contributed by atoms with Crippen LogP contribution in [0, 0.1) is 0 Å². The Labute approximate surface area is 76.4 Å². The average molecular weight is 183 g/mol. The summed E-state index contributed by atoms with van der Waals surface area (Å²) in [5.74, 6) is 1.18. The molecule has 2 heterocycles. The number of imidazole rings is 1. The molecule has 1 atom stereocenters. The Kier molecular flexibility index (Phi) is 2.11. The van der Waals surface area contributed by atoms with Crippen molar-refractivity contribution in [3.05, 3.63) is 12.0 Å². The van der Waals surface area contributed by atoms with Crippen molar-refractivity contribution in [2.24, 2.45) is 5.73 Å². The fourth-order valence-corrected chi connectivity index (χ4v) is 2.53. The second-order valence-corrected chi connectivity index (χ2v) is 4.31. The summed E-state index contributed by atoms with van der Waals surface area (Å²) in [6.45, 7) is 2.90. The number of nitrogens with two attached hydrogens (primary N) is 1. The van der Waals surface area contributed by atoms with Crippen LogP contribution in [0.5, 0.6) is 0 Å². The lowest BCUT2D eigenvalue weighted by Gasteiger charge is -2.07. The van der Waals surface area contributed by atoms with Crippen LogP contribution in [0.15, 0.2) is 11.4 Å². The van der Waals surface area contributed by atoms with E-state index in [9.17, 15) is 0 Å². The molecular formula is C8H13N3S. The molecule has 0 radical (unpaired) electrons. The van der Waals surface area contributed by atoms with Crippen LogP contribution >= 0.6 is 11.8 Å². The Balaban J connectivity index is 2.22. The average Bonchev–Trinajstić information content (AvgIpc) is 2.52. The second-order valence-electron chi connectivity index (χ2n) is 3.22. The van der Waals surface area contributed by atoms with Crippen LogP contribution in [0.2, 0.25) is 0 Å². The van der Waals surface area contributed by atoms with Gasteiger partial charge in [-0.2, -0.15) is 0 Å². The highest BCUT2D eigenvalue weighted by atomic mass is 32.2. The van der Waals surface area contributed by atoms with E-state index in [0.29, 0.717) is 0 Å². The molecule has 4 heteroatoms. The monoisotopic (exact) mass is 183 g/mol. The Morgan fingerprint density at radius 2 is 2.67 bits per heavy atom. The lowest BCUT2D eigenvalue weighted by atomic mass is 10.3. The van der Waals surface area contributed by atoms with Gasteiger partial charge in [0.1, 0.15) is 0 Å². The van der Waals surface area contributed by atoms with E-state index in [-0.39, 0.29) is 6.04 Å². The summed E-state index contributed by atoms with van der Waals surface area (Å²) in [5, 5.41) is 1.33. The minimum absolute atomic E-state index is 0.212. The normalized spacial score (nSPS) is 17.8. The van der Waals surface area contributed by atoms with Crippen LogP contribution in [0.4, 0.5) is 0 Å². The van der Waals surface area contributed by atoms with Crippen LogP contribution in [0.3, 0.4) is 0 Å². The molecular weight excluding hydrogens is 170 g/mol. The van der Waals surface area contributed by atoms with Crippen LogP contribution in [0.1, 0.15) is 12.6 Å². The number of rotatable bonds is 2. The van der Waals surface area contributed by atoms with Crippen molar-refractivity contribution in [3.8, 4) is 0 Å². The third kappa shape index (κ3) is 1.36. The zero-order valence-electron chi connectivity index (χ0n) is 7.16. The van der Waals surface area contributed by atoms with Gasteiger partial charge in [-0.25, -0.2) is 4.98 Å². The first-order valence-corrected chi connectivity index (χ1v) is 5.18. The van der Waals surface area contributed by atoms with Crippen molar-refractivity contribution in [2.75, 3.05) is 5.75 Å². The predicted octanol–water partition coefficient (Wildman–Crippen LogP) is 0.878. The lowest BCUT2D eigenvalue weighted by molar-refractivity contribution is 0.559. The maximum Gasteiger partial charge on any atom is 0.0979 e. The summed E-state index contributed by atoms with van der Waals surface area (Å²) in [6.07, 6.45) is 3.02. The van der Waals surface area contributed by atoms with Crippen molar-refractivity contribution >= 4 is 11.8 Å². The molecule has 0 aliphatic carbocycles. The molecule has 0 saturated carbocycles. The number of hydrogen-bond donors (Lipinski definition) is 1. The first-order valence-electron chi connectivity index (χ1n) is 4.20. The molecule has 2 N–H and O–H groups in total. The highest BCUT2D eigenvalue weighted by Gasteiger charge is 2.17. The number of fused-ring (bicyclic) bond motifs is 1. The molecule has 0 amide bonds. The van der Waals surface area contributed by atoms with E-state index in [1.165, 1.54) is 16.5 Å². The van der Waals surface area contributed by atoms with Gasteiger partial charge in [0.15, 0.2) is 0 Å². The highest BCUT2D eigenvalue weighted by molar-refractivity contribution is 7.99. The zero-order valence-corrected chi connectivity index (χ0v) is 7.97. The molecule has 66 valence electrons. The first-order chi connectivity index (χ1) is 5.77. The molecule has 3 nitrogen and oxygen atoms in total. The molecule has 1 aromatic heterocycles. The summed E-state index contributed by atoms with van der Waals surface area (Å²) in [4.78, 5) is 4.34. The summed E-state index contributed by atoms with van der Waals surface area (Å²) in [7, 11) is 0. The fraction of sp³-hybridized carbons (Fsp3) is 0.625. The topological polar surface area (TPSA) is 43.8 Å². The molecule has 1 unspecified atom stereocenters. The second kappa shape index (κ2) is 3.11. The summed E-state index contributed by atoms with van der Waals surface area (Å²) in [6, 6.07) is 0.212. The first kappa shape index (κ1) is 8.13. The highest BCUT2D eigenvalue weighted by Crippen LogP contribution is 2.30. The lowest BCUT2D eigenvalue weighted by Crippen LogP contribution is -2.21. The van der Waals surface area contributed by atoms with E-state index in [1.54, 1.807) is 0 Å². The fourth-order valence-electron chi connectivity index (χ4n) is 1.44. The van der Waals surface area contributed by atoms with E-state index in [1.807, 2.05) is 25.0 Å². The van der Waals surface area contributed by atoms with E-state index in [2.05, 4.69) is 9.55 Å². The van der Waals surface area contributed by atoms with Gasteiger partial charge in [0, 0.05) is 24.8 Å². The standard InChI is InChI=1S/C8H13N3S/c1-6(9)4-11-5-10-7-2-3-12-8(7)11/h5-6H,2-4,9H2,1H3. The third-order valence-electron chi connectivity index (χ3n) is 1.92. The van der Waals surface area contributed by atoms with Gasteiger partial charge in [0.2, 0.25) is 0 Å². The van der Waals surface area contributed by atoms with E-state index in [4.69, 9.17) is 5.73 Å². The predicted molar refractivity (Wildman–Crippen MR) is 50.3 cm³/mol. The van der Waals surface area contributed by atoms with Crippen LogP contribution in [-0.4, -0.2) is 21.3 Å². The van der Waals surface area contributed by atoms with Crippen molar-refractivity contribution in [3.63, 3.8) is 0 Å². The van der Waals surface area contributed by atoms with Gasteiger partial charge in [-0.1, -0.05) is 0 Å². The van der Waals surface area contributed by atoms with Gasteiger partial charge in [0.05, 0.1) is 17.0 Å². The number of thioether (sulfide) groups is 1. The van der Waals surface area contributed by atoms with Crippen molar-refractivity contribution < 1.29 is 0 Å². The molecule has 0 bridgehead atoms. The number of aromatic nitrogens is 2. The van der Waals surface area contributed by atoms with Crippen molar-refractivity contribution in [1.82, 2.24) is 9.55 Å². The zero-order chi connectivity index (χ0) is 8.55. The van der Waals surface area contributed by atoms with E-state index in [0.717, 1.165) is 13.0 Å². The summed E-state index contributed by atoms with van der Waals surface area (Å²) < 4.78 is 2.16. The summed E-state index contributed by atoms with van der Waals surface area (Å²) in [5.41, 5.74) is 6.97. The molecule has 1 aliphatic heterocycles. The van der Waals surface area contributed by atoms with Gasteiger partial charge < -0.3 is 10.3 Å². The minimum Gasteiger partial charge on any atom is -0.326 e. The van der Waals surface area contributed by atoms with Gasteiger partial charge >= 0.3 is 0 Å². The Morgan fingerprint density at radius 3 is 3.42 bits per heavy atom. The summed E-state index contributed by atoms with van der Waals surface area (Å²) >= 11 is 1.89. The largest absolute Gasteiger partial charge is 0.326 e. The van der Waals surface area contributed by atoms with Crippen LogP contribution < -0.4 is 5.73 Å². The molecule has 12 heavy (non-hydrogen) atoms. The smallest absolute Gasteiger partial charge is 0.0979 e. The molecule has 0 fully saturated rings. The number of aryl methyl sites for hydroxylation is 1. The Bertz CT molecular complexity index is 280. The number of hydrogen-bond acceptors (Lipinski definition) is 3. The third-order valence-corrected chi connectivity index (χ3v) is 3.07. The Hall–Kier alpha value is -0.480. The van der Waals surface area contributed by atoms with Gasteiger partial charge in [-0.3, -0.25) is 0 Å². The van der Waals surface area contributed by atoms with Gasteiger partial charge in [0.25, 0.3) is 0 Å². The minimum atomic E-state index is 0.212. The van der Waals surface area contributed by atoms with Crippen molar-refractivity contribution in [2.45, 2.75) is 31.0 Å². The maximum atomic E-state index is 5.72. The van der Waals surface area contributed by atoms with Crippen LogP contribution in [0.25, 0.3) is 0 Å². The maximum absolute atomic E-state index is 5.72. The quantitative estimate of drug-likeness (QED) is 0.740.